The Bertz CT molecular complexity index is 740. The van der Waals surface area contributed by atoms with Gasteiger partial charge in [0.15, 0.2) is 18.1 Å². The van der Waals surface area contributed by atoms with E-state index in [2.05, 4.69) is 5.32 Å². The van der Waals surface area contributed by atoms with E-state index >= 15 is 0 Å². The van der Waals surface area contributed by atoms with Crippen LogP contribution in [-0.4, -0.2) is 25.4 Å². The number of rotatable bonds is 7. The molecule has 0 aliphatic carbocycles. The Morgan fingerprint density at radius 2 is 1.88 bits per heavy atom. The monoisotopic (exact) mass is 327 g/mol. The van der Waals surface area contributed by atoms with E-state index in [1.807, 2.05) is 39.0 Å². The number of carbonyl (C=O) groups excluding carboxylic acids is 2. The minimum absolute atomic E-state index is 0.145. The second kappa shape index (κ2) is 8.15. The molecule has 0 fully saturated rings. The molecule has 0 aromatic heterocycles. The van der Waals surface area contributed by atoms with Crippen LogP contribution in [0.4, 0.5) is 5.69 Å². The van der Waals surface area contributed by atoms with Crippen molar-refractivity contribution in [3.8, 4) is 11.5 Å². The van der Waals surface area contributed by atoms with Crippen molar-refractivity contribution >= 4 is 17.9 Å². The van der Waals surface area contributed by atoms with Crippen LogP contribution in [0.2, 0.25) is 0 Å². The summed E-state index contributed by atoms with van der Waals surface area (Å²) < 4.78 is 11.0. The van der Waals surface area contributed by atoms with Crippen LogP contribution < -0.4 is 14.8 Å². The topological polar surface area (TPSA) is 64.6 Å². The zero-order valence-corrected chi connectivity index (χ0v) is 14.1. The molecule has 5 nitrogen and oxygen atoms in total. The van der Waals surface area contributed by atoms with Crippen LogP contribution in [0.3, 0.4) is 0 Å². The molecular weight excluding hydrogens is 306 g/mol. The first-order valence-corrected chi connectivity index (χ1v) is 7.75. The summed E-state index contributed by atoms with van der Waals surface area (Å²) in [6, 6.07) is 10.6. The van der Waals surface area contributed by atoms with Gasteiger partial charge in [0.25, 0.3) is 5.91 Å². The third-order valence-corrected chi connectivity index (χ3v) is 3.42. The lowest BCUT2D eigenvalue weighted by Crippen LogP contribution is -2.21. The molecule has 1 amide bonds. The Hall–Kier alpha value is -2.82. The molecule has 0 spiro atoms. The summed E-state index contributed by atoms with van der Waals surface area (Å²) in [6.07, 6.45) is 0.735. The van der Waals surface area contributed by atoms with Crippen LogP contribution in [0.5, 0.6) is 11.5 Å². The van der Waals surface area contributed by atoms with Gasteiger partial charge in [-0.05, 0) is 50.6 Å². The van der Waals surface area contributed by atoms with E-state index in [4.69, 9.17) is 9.47 Å². The lowest BCUT2D eigenvalue weighted by molar-refractivity contribution is -0.118. The summed E-state index contributed by atoms with van der Waals surface area (Å²) in [6.45, 7) is 6.07. The van der Waals surface area contributed by atoms with Gasteiger partial charge in [-0.25, -0.2) is 0 Å². The maximum absolute atomic E-state index is 12.1. The fraction of sp³-hybridized carbons (Fsp3) is 0.263. The van der Waals surface area contributed by atoms with E-state index in [-0.39, 0.29) is 12.5 Å². The molecule has 1 N–H and O–H groups in total. The van der Waals surface area contributed by atoms with Crippen LogP contribution in [0.25, 0.3) is 0 Å². The zero-order valence-electron chi connectivity index (χ0n) is 14.1. The number of aldehydes is 1. The average Bonchev–Trinajstić information content (AvgIpc) is 2.56. The predicted octanol–water partition coefficient (Wildman–Crippen LogP) is 3.53. The van der Waals surface area contributed by atoms with Gasteiger partial charge in [0.05, 0.1) is 6.61 Å². The van der Waals surface area contributed by atoms with Crippen molar-refractivity contribution in [1.29, 1.82) is 0 Å². The third-order valence-electron chi connectivity index (χ3n) is 3.42. The van der Waals surface area contributed by atoms with Gasteiger partial charge in [0.1, 0.15) is 6.29 Å². The number of hydrogen-bond acceptors (Lipinski definition) is 4. The maximum Gasteiger partial charge on any atom is 0.262 e. The number of amides is 1. The summed E-state index contributed by atoms with van der Waals surface area (Å²) in [5, 5.41) is 2.82. The fourth-order valence-electron chi connectivity index (χ4n) is 2.27. The molecule has 2 aromatic carbocycles. The maximum atomic E-state index is 12.1. The summed E-state index contributed by atoms with van der Waals surface area (Å²) in [5.41, 5.74) is 3.38. The summed E-state index contributed by atoms with van der Waals surface area (Å²) >= 11 is 0. The largest absolute Gasteiger partial charge is 0.490 e. The number of anilines is 1. The van der Waals surface area contributed by atoms with Gasteiger partial charge in [-0.3, -0.25) is 9.59 Å². The molecule has 126 valence electrons. The molecule has 0 bridgehead atoms. The predicted molar refractivity (Wildman–Crippen MR) is 93.0 cm³/mol. The molecule has 0 heterocycles. The number of aryl methyl sites for hydroxylation is 2. The van der Waals surface area contributed by atoms with Crippen LogP contribution in [0, 0.1) is 13.8 Å². The number of nitrogens with one attached hydrogen (secondary N) is 1. The Kier molecular flexibility index (Phi) is 5.95. The van der Waals surface area contributed by atoms with Crippen molar-refractivity contribution in [2.45, 2.75) is 20.8 Å². The molecule has 0 saturated carbocycles. The smallest absolute Gasteiger partial charge is 0.262 e. The third kappa shape index (κ3) is 4.59. The Morgan fingerprint density at radius 1 is 1.08 bits per heavy atom. The van der Waals surface area contributed by atoms with E-state index in [0.29, 0.717) is 23.7 Å². The van der Waals surface area contributed by atoms with Gasteiger partial charge in [-0.1, -0.05) is 17.7 Å². The molecule has 0 aliphatic heterocycles. The Morgan fingerprint density at radius 3 is 2.54 bits per heavy atom. The highest BCUT2D eigenvalue weighted by atomic mass is 16.5. The van der Waals surface area contributed by atoms with Gasteiger partial charge >= 0.3 is 0 Å². The van der Waals surface area contributed by atoms with Crippen LogP contribution in [-0.2, 0) is 4.79 Å². The van der Waals surface area contributed by atoms with Crippen molar-refractivity contribution in [1.82, 2.24) is 0 Å². The van der Waals surface area contributed by atoms with E-state index in [1.54, 1.807) is 18.2 Å². The second-order valence-corrected chi connectivity index (χ2v) is 5.41. The van der Waals surface area contributed by atoms with Crippen molar-refractivity contribution in [3.05, 3.63) is 53.1 Å². The normalized spacial score (nSPS) is 10.1. The van der Waals surface area contributed by atoms with Crippen LogP contribution >= 0.6 is 0 Å². The van der Waals surface area contributed by atoms with E-state index in [1.165, 1.54) is 0 Å². The molecule has 0 aliphatic rings. The average molecular weight is 327 g/mol. The lowest BCUT2D eigenvalue weighted by atomic mass is 10.1. The van der Waals surface area contributed by atoms with Gasteiger partial charge in [-0.15, -0.1) is 0 Å². The van der Waals surface area contributed by atoms with Gasteiger partial charge in [0, 0.05) is 11.3 Å². The summed E-state index contributed by atoms with van der Waals surface area (Å²) in [7, 11) is 0. The van der Waals surface area contributed by atoms with Crippen molar-refractivity contribution < 1.29 is 19.1 Å². The molecule has 0 radical (unpaired) electrons. The highest BCUT2D eigenvalue weighted by Gasteiger charge is 2.10. The minimum Gasteiger partial charge on any atom is -0.490 e. The SMILES string of the molecule is CCOc1cc(C=O)ccc1OCC(=O)Nc1ccc(C)cc1C. The summed E-state index contributed by atoms with van der Waals surface area (Å²) in [4.78, 5) is 22.9. The standard InChI is InChI=1S/C19H21NO4/c1-4-23-18-10-15(11-21)6-8-17(18)24-12-19(22)20-16-7-5-13(2)9-14(16)3/h5-11H,4,12H2,1-3H3,(H,20,22). The van der Waals surface area contributed by atoms with Crippen molar-refractivity contribution in [2.75, 3.05) is 18.5 Å². The van der Waals surface area contributed by atoms with Crippen LogP contribution in [0.1, 0.15) is 28.4 Å². The molecule has 2 aromatic rings. The highest BCUT2D eigenvalue weighted by Crippen LogP contribution is 2.28. The quantitative estimate of drug-likeness (QED) is 0.790. The van der Waals surface area contributed by atoms with E-state index < -0.39 is 0 Å². The highest BCUT2D eigenvalue weighted by molar-refractivity contribution is 5.92. The number of carbonyl (C=O) groups is 2. The first kappa shape index (κ1) is 17.5. The van der Waals surface area contributed by atoms with E-state index in [0.717, 1.165) is 23.1 Å². The number of ether oxygens (including phenoxy) is 2. The first-order valence-electron chi connectivity index (χ1n) is 7.75. The number of benzene rings is 2. The van der Waals surface area contributed by atoms with Crippen molar-refractivity contribution in [3.63, 3.8) is 0 Å². The van der Waals surface area contributed by atoms with Gasteiger partial charge in [0.2, 0.25) is 0 Å². The molecule has 0 atom stereocenters. The van der Waals surface area contributed by atoms with Gasteiger partial charge < -0.3 is 14.8 Å². The molecule has 2 rings (SSSR count). The zero-order chi connectivity index (χ0) is 17.5. The molecule has 5 heteroatoms. The molecule has 24 heavy (non-hydrogen) atoms. The van der Waals surface area contributed by atoms with Crippen molar-refractivity contribution in [2.24, 2.45) is 0 Å². The molecular formula is C19H21NO4. The number of hydrogen-bond donors (Lipinski definition) is 1. The van der Waals surface area contributed by atoms with Gasteiger partial charge in [-0.2, -0.15) is 0 Å². The first-order chi connectivity index (χ1) is 11.5. The molecule has 0 saturated heterocycles. The minimum atomic E-state index is -0.260. The second-order valence-electron chi connectivity index (χ2n) is 5.41. The lowest BCUT2D eigenvalue weighted by Gasteiger charge is -2.13. The summed E-state index contributed by atoms with van der Waals surface area (Å²) in [5.74, 6) is 0.614. The van der Waals surface area contributed by atoms with E-state index in [9.17, 15) is 9.59 Å². The van der Waals surface area contributed by atoms with Crippen LogP contribution in [0.15, 0.2) is 36.4 Å². The Labute approximate surface area is 141 Å². The Balaban J connectivity index is 2.02. The molecule has 0 unspecified atom stereocenters. The fourth-order valence-corrected chi connectivity index (χ4v) is 2.27.